The van der Waals surface area contributed by atoms with E-state index in [0.717, 1.165) is 55.7 Å². The van der Waals surface area contributed by atoms with Crippen LogP contribution in [0, 0.1) is 50.4 Å². The van der Waals surface area contributed by atoms with Crippen LogP contribution < -0.4 is 0 Å². The molecule has 282 valence electrons. The van der Waals surface area contributed by atoms with Crippen LogP contribution in [0.25, 0.3) is 77.2 Å². The fourth-order valence-corrected chi connectivity index (χ4v) is 9.41. The molecule has 0 aliphatic heterocycles. The average molecular weight is 751 g/mol. The Bertz CT molecular complexity index is 3030. The van der Waals surface area contributed by atoms with Crippen molar-refractivity contribution in [1.29, 1.82) is 10.5 Å². The van der Waals surface area contributed by atoms with Gasteiger partial charge in [-0.1, -0.05) is 98.5 Å². The molecule has 0 amide bonds. The monoisotopic (exact) mass is 750 g/mol. The number of nitrogens with zero attached hydrogens (tertiary/aromatic N) is 4. The van der Waals surface area contributed by atoms with Crippen LogP contribution in [0.5, 0.6) is 0 Å². The van der Waals surface area contributed by atoms with E-state index in [-0.39, 0.29) is 11.8 Å². The number of rotatable bonds is 6. The molecule has 2 aromatic heterocycles. The standard InChI is InChI=1S/C54H46N4/c1-31(2)49-51(39-13-9-11-37(27-39)29-55)54(58-47-21-17-35(7)25-43(47)44-26-36(8)18-22-48(44)58)52(40-14-10-12-38(28-40)30-56)50(32(3)4)53(49)57-45-19-15-33(5)23-41(45)42-24-34(6)16-20-46(42)57/h9-28,31-32H,1-8H3. The SMILES string of the molecule is Cc1ccc2c(c1)c1cc(C)ccc1n2-c1c(-c2cccc(C#N)c2)c(C(C)C)c(-n2c3ccc(C)cc3c3cc(C)ccc32)c(C(C)C)c1-c1cccc(C#N)c1. The second-order valence-corrected chi connectivity index (χ2v) is 16.7. The van der Waals surface area contributed by atoms with Crippen LogP contribution >= 0.6 is 0 Å². The van der Waals surface area contributed by atoms with Crippen molar-refractivity contribution in [3.63, 3.8) is 0 Å². The van der Waals surface area contributed by atoms with Gasteiger partial charge in [0, 0.05) is 32.7 Å². The number of hydrogen-bond acceptors (Lipinski definition) is 2. The first-order chi connectivity index (χ1) is 28.0. The first-order valence-corrected chi connectivity index (χ1v) is 20.3. The maximum Gasteiger partial charge on any atom is 0.0991 e. The summed E-state index contributed by atoms with van der Waals surface area (Å²) in [4.78, 5) is 0. The van der Waals surface area contributed by atoms with Gasteiger partial charge in [-0.25, -0.2) is 0 Å². The van der Waals surface area contributed by atoms with Gasteiger partial charge in [0.25, 0.3) is 0 Å². The molecular weight excluding hydrogens is 705 g/mol. The molecule has 7 aromatic carbocycles. The normalized spacial score (nSPS) is 11.7. The summed E-state index contributed by atoms with van der Waals surface area (Å²) < 4.78 is 5.00. The highest BCUT2D eigenvalue weighted by molar-refractivity contribution is 6.13. The van der Waals surface area contributed by atoms with Crippen LogP contribution in [0.1, 0.15) is 84.0 Å². The Labute approximate surface area is 340 Å². The summed E-state index contributed by atoms with van der Waals surface area (Å²) in [5.74, 6) is 0.125. The maximum atomic E-state index is 10.4. The molecule has 9 rings (SSSR count). The topological polar surface area (TPSA) is 57.4 Å². The zero-order chi connectivity index (χ0) is 40.6. The van der Waals surface area contributed by atoms with Crippen molar-refractivity contribution in [1.82, 2.24) is 9.13 Å². The van der Waals surface area contributed by atoms with E-state index in [1.54, 1.807) is 0 Å². The third-order valence-corrected chi connectivity index (χ3v) is 11.8. The third-order valence-electron chi connectivity index (χ3n) is 11.8. The summed E-state index contributed by atoms with van der Waals surface area (Å²) in [7, 11) is 0. The molecule has 9 aromatic rings. The Morgan fingerprint density at radius 3 is 1.05 bits per heavy atom. The summed E-state index contributed by atoms with van der Waals surface area (Å²) in [6, 6.07) is 48.4. The molecule has 0 aliphatic rings. The van der Waals surface area contributed by atoms with Crippen LogP contribution in [0.15, 0.2) is 121 Å². The van der Waals surface area contributed by atoms with Crippen molar-refractivity contribution in [3.05, 3.63) is 166 Å². The lowest BCUT2D eigenvalue weighted by Crippen LogP contribution is -2.15. The van der Waals surface area contributed by atoms with Crippen LogP contribution in [0.4, 0.5) is 0 Å². The second kappa shape index (κ2) is 13.9. The van der Waals surface area contributed by atoms with Gasteiger partial charge in [-0.05, 0) is 135 Å². The number of benzene rings is 7. The summed E-state index contributed by atoms with van der Waals surface area (Å²) in [6.45, 7) is 17.9. The molecule has 0 bridgehead atoms. The molecule has 0 radical (unpaired) electrons. The van der Waals surface area contributed by atoms with Gasteiger partial charge in [0.05, 0.1) is 56.7 Å². The van der Waals surface area contributed by atoms with E-state index in [2.05, 4.69) is 174 Å². The maximum absolute atomic E-state index is 10.4. The van der Waals surface area contributed by atoms with Crippen molar-refractivity contribution >= 4 is 43.6 Å². The average Bonchev–Trinajstić information content (AvgIpc) is 3.70. The largest absolute Gasteiger partial charge is 0.309 e. The minimum atomic E-state index is 0.0625. The lowest BCUT2D eigenvalue weighted by molar-refractivity contribution is 0.815. The van der Waals surface area contributed by atoms with E-state index >= 15 is 0 Å². The summed E-state index contributed by atoms with van der Waals surface area (Å²) >= 11 is 0. The molecule has 0 unspecified atom stereocenters. The quantitative estimate of drug-likeness (QED) is 0.170. The van der Waals surface area contributed by atoms with Crippen molar-refractivity contribution in [2.45, 2.75) is 67.2 Å². The fourth-order valence-electron chi connectivity index (χ4n) is 9.41. The number of hydrogen-bond donors (Lipinski definition) is 0. The predicted molar refractivity (Wildman–Crippen MR) is 243 cm³/mol. The summed E-state index contributed by atoms with van der Waals surface area (Å²) in [5.41, 5.74) is 19.3. The van der Waals surface area contributed by atoms with E-state index in [1.807, 2.05) is 24.3 Å². The van der Waals surface area contributed by atoms with Crippen molar-refractivity contribution in [2.24, 2.45) is 0 Å². The minimum Gasteiger partial charge on any atom is -0.309 e. The molecule has 4 nitrogen and oxygen atoms in total. The highest BCUT2D eigenvalue weighted by atomic mass is 15.0. The smallest absolute Gasteiger partial charge is 0.0991 e. The Kier molecular flexibility index (Phi) is 8.83. The molecule has 2 heterocycles. The van der Waals surface area contributed by atoms with Crippen LogP contribution in [0.3, 0.4) is 0 Å². The molecule has 0 saturated carbocycles. The fraction of sp³-hybridized carbons (Fsp3) is 0.185. The van der Waals surface area contributed by atoms with Gasteiger partial charge in [-0.2, -0.15) is 10.5 Å². The van der Waals surface area contributed by atoms with E-state index < -0.39 is 0 Å². The Morgan fingerprint density at radius 1 is 0.414 bits per heavy atom. The van der Waals surface area contributed by atoms with Crippen LogP contribution in [0.2, 0.25) is 0 Å². The predicted octanol–water partition coefficient (Wildman–Crippen LogP) is 14.4. The van der Waals surface area contributed by atoms with Crippen molar-refractivity contribution in [3.8, 4) is 45.8 Å². The number of fused-ring (bicyclic) bond motifs is 6. The van der Waals surface area contributed by atoms with Crippen molar-refractivity contribution < 1.29 is 0 Å². The first-order valence-electron chi connectivity index (χ1n) is 20.3. The third kappa shape index (κ3) is 5.71. The van der Waals surface area contributed by atoms with Crippen molar-refractivity contribution in [2.75, 3.05) is 0 Å². The summed E-state index contributed by atoms with van der Waals surface area (Å²) in [5, 5.41) is 25.6. The second-order valence-electron chi connectivity index (χ2n) is 16.7. The van der Waals surface area contributed by atoms with Crippen LogP contribution in [-0.4, -0.2) is 9.13 Å². The van der Waals surface area contributed by atoms with E-state index in [4.69, 9.17) is 0 Å². The molecule has 0 spiro atoms. The zero-order valence-electron chi connectivity index (χ0n) is 34.5. The Balaban J connectivity index is 1.64. The number of aromatic nitrogens is 2. The van der Waals surface area contributed by atoms with Gasteiger partial charge in [0.1, 0.15) is 0 Å². The Hall–Kier alpha value is -6.88. The Morgan fingerprint density at radius 2 is 0.741 bits per heavy atom. The number of nitriles is 2. The molecule has 0 atom stereocenters. The van der Waals surface area contributed by atoms with E-state index in [0.29, 0.717) is 11.1 Å². The molecule has 58 heavy (non-hydrogen) atoms. The van der Waals surface area contributed by atoms with Gasteiger partial charge in [-0.3, -0.25) is 0 Å². The van der Waals surface area contributed by atoms with Gasteiger partial charge in [0.15, 0.2) is 0 Å². The molecule has 4 heteroatoms. The zero-order valence-corrected chi connectivity index (χ0v) is 34.5. The van der Waals surface area contributed by atoms with E-state index in [1.165, 1.54) is 54.9 Å². The lowest BCUT2D eigenvalue weighted by Gasteiger charge is -2.32. The van der Waals surface area contributed by atoms with Gasteiger partial charge in [0.2, 0.25) is 0 Å². The molecule has 0 fully saturated rings. The molecule has 0 N–H and O–H groups in total. The minimum absolute atomic E-state index is 0.0625. The molecule has 0 aliphatic carbocycles. The van der Waals surface area contributed by atoms with Gasteiger partial charge < -0.3 is 9.13 Å². The highest BCUT2D eigenvalue weighted by Crippen LogP contribution is 2.52. The van der Waals surface area contributed by atoms with Crippen LogP contribution in [-0.2, 0) is 0 Å². The lowest BCUT2D eigenvalue weighted by atomic mass is 9.79. The van der Waals surface area contributed by atoms with Gasteiger partial charge >= 0.3 is 0 Å². The summed E-state index contributed by atoms with van der Waals surface area (Å²) in [6.07, 6.45) is 0. The van der Waals surface area contributed by atoms with Gasteiger partial charge in [-0.15, -0.1) is 0 Å². The molecule has 0 saturated heterocycles. The molecular formula is C54H46N4. The number of aryl methyl sites for hydroxylation is 4. The van der Waals surface area contributed by atoms with E-state index in [9.17, 15) is 10.5 Å². The highest BCUT2D eigenvalue weighted by Gasteiger charge is 2.33. The first kappa shape index (κ1) is 36.7.